The van der Waals surface area contributed by atoms with Gasteiger partial charge in [-0.25, -0.2) is 9.78 Å². The number of nitrogens with zero attached hydrogens (tertiary/aromatic N) is 2. The average molecular weight is 258 g/mol. The quantitative estimate of drug-likeness (QED) is 0.786. The minimum atomic E-state index is -0.575. The number of carbonyl (C=O) groups excluding carboxylic acids is 1. The minimum absolute atomic E-state index is 0.165. The summed E-state index contributed by atoms with van der Waals surface area (Å²) in [6.45, 7) is 5.35. The molecule has 1 aromatic heterocycles. The van der Waals surface area contributed by atoms with E-state index in [9.17, 15) is 4.79 Å². The van der Waals surface area contributed by atoms with Crippen molar-refractivity contribution in [1.29, 1.82) is 0 Å². The van der Waals surface area contributed by atoms with E-state index >= 15 is 0 Å². The summed E-state index contributed by atoms with van der Waals surface area (Å²) >= 11 is 5.90. The van der Waals surface area contributed by atoms with Gasteiger partial charge >= 0.3 is 6.09 Å². The fourth-order valence-corrected chi connectivity index (χ4v) is 1.49. The Kier molecular flexibility index (Phi) is 3.83. The van der Waals surface area contributed by atoms with Crippen molar-refractivity contribution < 1.29 is 9.53 Å². The first-order valence-corrected chi connectivity index (χ1v) is 5.47. The number of nitrogens with two attached hydrogens (primary N) is 1. The van der Waals surface area contributed by atoms with Gasteiger partial charge in [0, 0.05) is 13.2 Å². The predicted molar refractivity (Wildman–Crippen MR) is 68.3 cm³/mol. The molecule has 0 aliphatic heterocycles. The second-order valence-electron chi connectivity index (χ2n) is 4.58. The molecule has 0 spiro atoms. The van der Waals surface area contributed by atoms with E-state index in [2.05, 4.69) is 4.98 Å². The molecule has 0 saturated carbocycles. The predicted octanol–water partition coefficient (Wildman–Crippen LogP) is 2.69. The maximum absolute atomic E-state index is 11.8. The summed E-state index contributed by atoms with van der Waals surface area (Å²) in [4.78, 5) is 16.9. The zero-order valence-corrected chi connectivity index (χ0v) is 11.1. The molecular formula is C11H16ClN3O2. The third kappa shape index (κ3) is 3.49. The molecule has 0 aliphatic rings. The highest BCUT2D eigenvalue weighted by atomic mass is 35.5. The standard InChI is InChI=1S/C11H16ClN3O2/c1-11(2,3)17-10(16)15(4)8-7(13)5-6-14-9(8)12/h5-6H,1-4H3,(H2,13,14). The van der Waals surface area contributed by atoms with Crippen LogP contribution in [0.15, 0.2) is 12.3 Å². The van der Waals surface area contributed by atoms with Crippen LogP contribution in [0.2, 0.25) is 5.15 Å². The van der Waals surface area contributed by atoms with Gasteiger partial charge in [-0.05, 0) is 26.8 Å². The summed E-state index contributed by atoms with van der Waals surface area (Å²) < 4.78 is 5.21. The van der Waals surface area contributed by atoms with E-state index < -0.39 is 11.7 Å². The van der Waals surface area contributed by atoms with Gasteiger partial charge in [-0.2, -0.15) is 0 Å². The number of rotatable bonds is 1. The van der Waals surface area contributed by atoms with Gasteiger partial charge in [0.1, 0.15) is 11.3 Å². The highest BCUT2D eigenvalue weighted by Gasteiger charge is 2.23. The van der Waals surface area contributed by atoms with Gasteiger partial charge in [0.25, 0.3) is 0 Å². The van der Waals surface area contributed by atoms with Crippen molar-refractivity contribution in [2.24, 2.45) is 0 Å². The summed E-state index contributed by atoms with van der Waals surface area (Å²) in [5, 5.41) is 0.165. The molecule has 17 heavy (non-hydrogen) atoms. The summed E-state index contributed by atoms with van der Waals surface area (Å²) in [5.74, 6) is 0. The summed E-state index contributed by atoms with van der Waals surface area (Å²) in [6.07, 6.45) is 0.948. The Hall–Kier alpha value is -1.49. The summed E-state index contributed by atoms with van der Waals surface area (Å²) in [6, 6.07) is 1.57. The first-order chi connectivity index (χ1) is 7.72. The van der Waals surface area contributed by atoms with E-state index in [0.717, 1.165) is 0 Å². The first kappa shape index (κ1) is 13.6. The topological polar surface area (TPSA) is 68.5 Å². The smallest absolute Gasteiger partial charge is 0.414 e. The van der Waals surface area contributed by atoms with Crippen LogP contribution in [0.25, 0.3) is 0 Å². The average Bonchev–Trinajstić information content (AvgIpc) is 2.14. The Morgan fingerprint density at radius 3 is 2.59 bits per heavy atom. The first-order valence-electron chi connectivity index (χ1n) is 5.09. The number of amides is 1. The number of hydrogen-bond acceptors (Lipinski definition) is 4. The zero-order chi connectivity index (χ0) is 13.2. The second-order valence-corrected chi connectivity index (χ2v) is 4.94. The van der Waals surface area contributed by atoms with Crippen molar-refractivity contribution in [3.63, 3.8) is 0 Å². The fourth-order valence-electron chi connectivity index (χ4n) is 1.20. The molecule has 1 heterocycles. The summed E-state index contributed by atoms with van der Waals surface area (Å²) in [7, 11) is 1.54. The Morgan fingerprint density at radius 1 is 1.53 bits per heavy atom. The number of halogens is 1. The number of nitrogen functional groups attached to an aromatic ring is 1. The molecule has 6 heteroatoms. The van der Waals surface area contributed by atoms with Gasteiger partial charge in [0.05, 0.1) is 5.69 Å². The van der Waals surface area contributed by atoms with Crippen LogP contribution >= 0.6 is 11.6 Å². The maximum atomic E-state index is 11.8. The van der Waals surface area contributed by atoms with Gasteiger partial charge < -0.3 is 10.5 Å². The number of hydrogen-bond donors (Lipinski definition) is 1. The number of anilines is 2. The lowest BCUT2D eigenvalue weighted by Crippen LogP contribution is -2.34. The maximum Gasteiger partial charge on any atom is 0.414 e. The van der Waals surface area contributed by atoms with Gasteiger partial charge in [-0.3, -0.25) is 4.90 Å². The molecule has 1 rings (SSSR count). The van der Waals surface area contributed by atoms with Crippen molar-refractivity contribution >= 4 is 29.1 Å². The molecule has 0 radical (unpaired) electrons. The lowest BCUT2D eigenvalue weighted by Gasteiger charge is -2.25. The molecule has 0 unspecified atom stereocenters. The summed E-state index contributed by atoms with van der Waals surface area (Å²) in [5.41, 5.74) is 5.90. The molecule has 1 aromatic rings. The molecule has 0 atom stereocenters. The third-order valence-corrected chi connectivity index (χ3v) is 2.19. The monoisotopic (exact) mass is 257 g/mol. The van der Waals surface area contributed by atoms with Crippen molar-refractivity contribution in [2.75, 3.05) is 17.7 Å². The van der Waals surface area contributed by atoms with Crippen LogP contribution in [-0.2, 0) is 4.74 Å². The fraction of sp³-hybridized carbons (Fsp3) is 0.455. The number of ether oxygens (including phenoxy) is 1. The van der Waals surface area contributed by atoms with Crippen molar-refractivity contribution in [3.05, 3.63) is 17.4 Å². The Labute approximate surface area is 106 Å². The van der Waals surface area contributed by atoms with Gasteiger partial charge in [-0.1, -0.05) is 11.6 Å². The highest BCUT2D eigenvalue weighted by Crippen LogP contribution is 2.29. The molecule has 94 valence electrons. The second kappa shape index (κ2) is 4.79. The van der Waals surface area contributed by atoms with Crippen LogP contribution in [0, 0.1) is 0 Å². The largest absolute Gasteiger partial charge is 0.443 e. The van der Waals surface area contributed by atoms with E-state index in [1.54, 1.807) is 26.8 Å². The van der Waals surface area contributed by atoms with Crippen molar-refractivity contribution in [3.8, 4) is 0 Å². The normalized spacial score (nSPS) is 11.1. The van der Waals surface area contributed by atoms with E-state index in [4.69, 9.17) is 22.1 Å². The van der Waals surface area contributed by atoms with Crippen LogP contribution in [0.1, 0.15) is 20.8 Å². The van der Waals surface area contributed by atoms with Crippen LogP contribution in [0.5, 0.6) is 0 Å². The van der Waals surface area contributed by atoms with Gasteiger partial charge in [0.15, 0.2) is 5.15 Å². The molecule has 0 bridgehead atoms. The van der Waals surface area contributed by atoms with Crippen LogP contribution in [0.4, 0.5) is 16.2 Å². The SMILES string of the molecule is CN(C(=O)OC(C)(C)C)c1c(N)ccnc1Cl. The van der Waals surface area contributed by atoms with E-state index in [1.165, 1.54) is 18.1 Å². The van der Waals surface area contributed by atoms with E-state index in [1.807, 2.05) is 0 Å². The third-order valence-electron chi connectivity index (χ3n) is 1.91. The zero-order valence-electron chi connectivity index (χ0n) is 10.3. The van der Waals surface area contributed by atoms with Gasteiger partial charge in [-0.15, -0.1) is 0 Å². The van der Waals surface area contributed by atoms with Crippen LogP contribution < -0.4 is 10.6 Å². The molecule has 0 fully saturated rings. The molecule has 0 aromatic carbocycles. The number of pyridine rings is 1. The van der Waals surface area contributed by atoms with Crippen LogP contribution in [0.3, 0.4) is 0 Å². The van der Waals surface area contributed by atoms with Crippen molar-refractivity contribution in [1.82, 2.24) is 4.98 Å². The van der Waals surface area contributed by atoms with E-state index in [0.29, 0.717) is 11.4 Å². The lowest BCUT2D eigenvalue weighted by atomic mass is 10.2. The molecule has 5 nitrogen and oxygen atoms in total. The van der Waals surface area contributed by atoms with Gasteiger partial charge in [0.2, 0.25) is 0 Å². The highest BCUT2D eigenvalue weighted by molar-refractivity contribution is 6.33. The van der Waals surface area contributed by atoms with E-state index in [-0.39, 0.29) is 5.15 Å². The molecule has 1 amide bonds. The number of carbonyl (C=O) groups is 1. The van der Waals surface area contributed by atoms with Crippen molar-refractivity contribution in [2.45, 2.75) is 26.4 Å². The molecular weight excluding hydrogens is 242 g/mol. The Balaban J connectivity index is 2.97. The minimum Gasteiger partial charge on any atom is -0.443 e. The Morgan fingerprint density at radius 2 is 2.12 bits per heavy atom. The number of aromatic nitrogens is 1. The molecule has 0 saturated heterocycles. The van der Waals surface area contributed by atoms with Crippen LogP contribution in [-0.4, -0.2) is 23.7 Å². The molecule has 2 N–H and O–H groups in total. The molecule has 0 aliphatic carbocycles. The Bertz CT molecular complexity index is 409. The lowest BCUT2D eigenvalue weighted by molar-refractivity contribution is 0.0589.